The molecule has 6 nitrogen and oxygen atoms in total. The molecule has 1 atom stereocenters. The fourth-order valence-electron chi connectivity index (χ4n) is 10.5. The maximum Gasteiger partial charge on any atom is 0.306 e. The molecule has 1 unspecified atom stereocenters. The van der Waals surface area contributed by atoms with E-state index in [9.17, 15) is 14.4 Å². The fraction of sp³-hybridized carbons (Fsp3) is 0.779. The Balaban J connectivity index is 4.41. The highest BCUT2D eigenvalue weighted by Crippen LogP contribution is 2.18. The van der Waals surface area contributed by atoms with Crippen LogP contribution in [0.2, 0.25) is 0 Å². The summed E-state index contributed by atoms with van der Waals surface area (Å²) in [6, 6.07) is 0. The molecular weight excluding hydrogens is 1020 g/mol. The van der Waals surface area contributed by atoms with Crippen LogP contribution in [0.15, 0.2) is 85.1 Å². The molecular formula is C77H136O6. The molecule has 0 aliphatic heterocycles. The SMILES string of the molecule is CC/C=C\C/C=C\C/C=C\C/C=C\C/C=C\C/C=C\C/C=C\CCCCCC(=O)OCC(COC(=O)CCCCCCCCCCCCCCCCCCCCC)OC(=O)CCCCCCCCCCCCCCCCCCCCCCC. The Labute approximate surface area is 515 Å². The predicted octanol–water partition coefficient (Wildman–Crippen LogP) is 25.0. The van der Waals surface area contributed by atoms with Crippen LogP contribution in [0.25, 0.3) is 0 Å². The summed E-state index contributed by atoms with van der Waals surface area (Å²) in [5.74, 6) is -0.892. The summed E-state index contributed by atoms with van der Waals surface area (Å²) >= 11 is 0. The van der Waals surface area contributed by atoms with Crippen LogP contribution in [0.4, 0.5) is 0 Å². The van der Waals surface area contributed by atoms with Gasteiger partial charge < -0.3 is 14.2 Å². The maximum atomic E-state index is 13.0. The first-order chi connectivity index (χ1) is 41.0. The van der Waals surface area contributed by atoms with Crippen LogP contribution < -0.4 is 0 Å². The van der Waals surface area contributed by atoms with Crippen molar-refractivity contribution in [3.8, 4) is 0 Å². The molecule has 0 saturated carbocycles. The largest absolute Gasteiger partial charge is 0.462 e. The monoisotopic (exact) mass is 1160 g/mol. The molecule has 0 amide bonds. The highest BCUT2D eigenvalue weighted by atomic mass is 16.6. The van der Waals surface area contributed by atoms with Crippen molar-refractivity contribution in [2.45, 2.75) is 374 Å². The zero-order valence-electron chi connectivity index (χ0n) is 55.2. The van der Waals surface area contributed by atoms with Gasteiger partial charge in [-0.3, -0.25) is 14.4 Å². The maximum absolute atomic E-state index is 13.0. The third-order valence-corrected chi connectivity index (χ3v) is 15.9. The van der Waals surface area contributed by atoms with Gasteiger partial charge in [-0.2, -0.15) is 0 Å². The van der Waals surface area contributed by atoms with Crippen molar-refractivity contribution in [3.05, 3.63) is 85.1 Å². The van der Waals surface area contributed by atoms with Crippen molar-refractivity contribution >= 4 is 17.9 Å². The molecule has 6 heteroatoms. The molecule has 0 rings (SSSR count). The molecule has 0 aromatic carbocycles. The molecule has 0 aliphatic carbocycles. The number of esters is 3. The normalized spacial score (nSPS) is 12.6. The van der Waals surface area contributed by atoms with Crippen LogP contribution in [0.5, 0.6) is 0 Å². The molecule has 0 aromatic rings. The van der Waals surface area contributed by atoms with Crippen LogP contribution >= 0.6 is 0 Å². The van der Waals surface area contributed by atoms with Gasteiger partial charge in [0.1, 0.15) is 13.2 Å². The second-order valence-electron chi connectivity index (χ2n) is 24.1. The van der Waals surface area contributed by atoms with E-state index >= 15 is 0 Å². The van der Waals surface area contributed by atoms with E-state index in [1.807, 2.05) is 0 Å². The second kappa shape index (κ2) is 71.1. The molecule has 0 aromatic heterocycles. The van der Waals surface area contributed by atoms with E-state index < -0.39 is 6.10 Å². The van der Waals surface area contributed by atoms with E-state index in [1.165, 1.54) is 218 Å². The van der Waals surface area contributed by atoms with Crippen molar-refractivity contribution < 1.29 is 28.6 Å². The van der Waals surface area contributed by atoms with Gasteiger partial charge >= 0.3 is 17.9 Å². The van der Waals surface area contributed by atoms with E-state index in [0.29, 0.717) is 19.3 Å². The average Bonchev–Trinajstić information content (AvgIpc) is 3.50. The molecule has 0 fully saturated rings. The number of hydrogen-bond donors (Lipinski definition) is 0. The lowest BCUT2D eigenvalue weighted by Gasteiger charge is -2.18. The first-order valence-corrected chi connectivity index (χ1v) is 36.1. The predicted molar refractivity (Wildman–Crippen MR) is 362 cm³/mol. The Morgan fingerprint density at radius 3 is 0.735 bits per heavy atom. The van der Waals surface area contributed by atoms with Gasteiger partial charge in [0, 0.05) is 19.3 Å². The van der Waals surface area contributed by atoms with Crippen molar-refractivity contribution in [2.24, 2.45) is 0 Å². The highest BCUT2D eigenvalue weighted by Gasteiger charge is 2.19. The van der Waals surface area contributed by atoms with Crippen LogP contribution in [0, 0.1) is 0 Å². The Kier molecular flexibility index (Phi) is 68.2. The number of unbranched alkanes of at least 4 members (excludes halogenated alkanes) is 41. The van der Waals surface area contributed by atoms with Gasteiger partial charge in [0.25, 0.3) is 0 Å². The van der Waals surface area contributed by atoms with Crippen molar-refractivity contribution in [1.82, 2.24) is 0 Å². The van der Waals surface area contributed by atoms with Gasteiger partial charge in [-0.05, 0) is 77.0 Å². The number of ether oxygens (including phenoxy) is 3. The number of hydrogen-bond acceptors (Lipinski definition) is 6. The smallest absolute Gasteiger partial charge is 0.306 e. The third-order valence-electron chi connectivity index (χ3n) is 15.9. The molecule has 0 aliphatic rings. The Hall–Kier alpha value is -3.41. The summed E-state index contributed by atoms with van der Waals surface area (Å²) in [5.41, 5.74) is 0. The van der Waals surface area contributed by atoms with Gasteiger partial charge in [-0.15, -0.1) is 0 Å². The van der Waals surface area contributed by atoms with E-state index in [4.69, 9.17) is 14.2 Å². The quantitative estimate of drug-likeness (QED) is 0.0261. The molecule has 480 valence electrons. The van der Waals surface area contributed by atoms with Gasteiger partial charge in [0.15, 0.2) is 6.10 Å². The lowest BCUT2D eigenvalue weighted by Crippen LogP contribution is -2.30. The van der Waals surface area contributed by atoms with E-state index in [2.05, 4.69) is 106 Å². The molecule has 0 spiro atoms. The van der Waals surface area contributed by atoms with E-state index in [0.717, 1.165) is 109 Å². The lowest BCUT2D eigenvalue weighted by molar-refractivity contribution is -0.167. The summed E-state index contributed by atoms with van der Waals surface area (Å²) in [6.07, 6.45) is 94.6. The number of carbonyl (C=O) groups is 3. The average molecular weight is 1160 g/mol. The topological polar surface area (TPSA) is 78.9 Å². The summed E-state index contributed by atoms with van der Waals surface area (Å²) in [6.45, 7) is 6.57. The van der Waals surface area contributed by atoms with Crippen molar-refractivity contribution in [1.29, 1.82) is 0 Å². The van der Waals surface area contributed by atoms with Crippen LogP contribution in [-0.2, 0) is 28.6 Å². The van der Waals surface area contributed by atoms with Gasteiger partial charge in [0.2, 0.25) is 0 Å². The van der Waals surface area contributed by atoms with E-state index in [-0.39, 0.29) is 31.1 Å². The fourth-order valence-corrected chi connectivity index (χ4v) is 10.5. The lowest BCUT2D eigenvalue weighted by atomic mass is 10.0. The van der Waals surface area contributed by atoms with Gasteiger partial charge in [0.05, 0.1) is 0 Å². The van der Waals surface area contributed by atoms with E-state index in [1.54, 1.807) is 0 Å². The number of allylic oxidation sites excluding steroid dienone is 14. The Bertz CT molecular complexity index is 1570. The van der Waals surface area contributed by atoms with Crippen LogP contribution in [0.3, 0.4) is 0 Å². The zero-order valence-corrected chi connectivity index (χ0v) is 55.2. The second-order valence-corrected chi connectivity index (χ2v) is 24.1. The van der Waals surface area contributed by atoms with Gasteiger partial charge in [-0.25, -0.2) is 0 Å². The molecule has 0 radical (unpaired) electrons. The zero-order chi connectivity index (χ0) is 59.9. The van der Waals surface area contributed by atoms with Gasteiger partial charge in [-0.1, -0.05) is 356 Å². The van der Waals surface area contributed by atoms with Crippen LogP contribution in [-0.4, -0.2) is 37.2 Å². The van der Waals surface area contributed by atoms with Crippen molar-refractivity contribution in [2.75, 3.05) is 13.2 Å². The first kappa shape index (κ1) is 79.6. The molecule has 0 saturated heterocycles. The minimum absolute atomic E-state index is 0.0822. The highest BCUT2D eigenvalue weighted by molar-refractivity contribution is 5.71. The summed E-state index contributed by atoms with van der Waals surface area (Å²) < 4.78 is 17.0. The number of rotatable bonds is 66. The Morgan fingerprint density at radius 1 is 0.253 bits per heavy atom. The summed E-state index contributed by atoms with van der Waals surface area (Å²) in [5, 5.41) is 0. The van der Waals surface area contributed by atoms with Crippen molar-refractivity contribution in [3.63, 3.8) is 0 Å². The Morgan fingerprint density at radius 2 is 0.470 bits per heavy atom. The van der Waals surface area contributed by atoms with Crippen LogP contribution in [0.1, 0.15) is 367 Å². The third kappa shape index (κ3) is 69.3. The molecule has 0 bridgehead atoms. The minimum atomic E-state index is -0.790. The number of carbonyl (C=O) groups excluding carboxylic acids is 3. The summed E-state index contributed by atoms with van der Waals surface area (Å²) in [4.78, 5) is 38.5. The summed E-state index contributed by atoms with van der Waals surface area (Å²) in [7, 11) is 0. The molecule has 0 N–H and O–H groups in total. The standard InChI is InChI=1S/C77H136O6/c1-4-7-10-13-16-19-22-25-28-31-34-36-37-38-39-41-43-46-49-52-55-58-61-64-67-70-76(79)82-73-74(72-81-75(78)69-66-63-60-57-54-51-48-45-42-33-30-27-24-21-18-15-12-9-6-3)83-77(80)71-68-65-62-59-56-53-50-47-44-40-35-32-29-26-23-20-17-14-11-8-5-2/h7,10,16,19,25,28,34,36,38-39,43,46,52,55,74H,4-6,8-9,11-15,17-18,20-24,26-27,29-33,35,37,40-42,44-45,47-51,53-54,56-73H2,1-3H3/b10-7-,19-16-,28-25-,36-34-,39-38-,46-43-,55-52-. The minimum Gasteiger partial charge on any atom is -0.462 e. The first-order valence-electron chi connectivity index (χ1n) is 36.1. The molecule has 0 heterocycles. The molecule has 83 heavy (non-hydrogen) atoms.